The van der Waals surface area contributed by atoms with Crippen LogP contribution in [0.1, 0.15) is 12.5 Å². The lowest BCUT2D eigenvalue weighted by atomic mass is 10.1. The van der Waals surface area contributed by atoms with Crippen molar-refractivity contribution in [2.45, 2.75) is 13.8 Å². The van der Waals surface area contributed by atoms with E-state index in [1.165, 1.54) is 11.3 Å². The third-order valence-corrected chi connectivity index (χ3v) is 3.09. The van der Waals surface area contributed by atoms with Crippen molar-refractivity contribution in [3.05, 3.63) is 17.7 Å². The zero-order valence-corrected chi connectivity index (χ0v) is 10.7. The fraction of sp³-hybridized carbons (Fsp3) is 0.538. The second-order valence-corrected chi connectivity index (χ2v) is 4.71. The molecule has 17 heavy (non-hydrogen) atoms. The summed E-state index contributed by atoms with van der Waals surface area (Å²) in [6, 6.07) is 4.07. The van der Waals surface area contributed by atoms with Crippen LogP contribution < -0.4 is 20.1 Å². The average Bonchev–Trinajstić information content (AvgIpc) is 2.74. The van der Waals surface area contributed by atoms with Gasteiger partial charge in [0.25, 0.3) is 0 Å². The van der Waals surface area contributed by atoms with Crippen LogP contribution in [0.15, 0.2) is 12.1 Å². The second-order valence-electron chi connectivity index (χ2n) is 4.71. The van der Waals surface area contributed by atoms with Gasteiger partial charge in [0, 0.05) is 25.3 Å². The summed E-state index contributed by atoms with van der Waals surface area (Å²) in [4.78, 5) is 2.22. The molecule has 1 aliphatic rings. The lowest BCUT2D eigenvalue weighted by Crippen LogP contribution is -2.28. The van der Waals surface area contributed by atoms with Gasteiger partial charge in [0.05, 0.1) is 0 Å². The topological polar surface area (TPSA) is 47.7 Å². The van der Waals surface area contributed by atoms with Crippen LogP contribution in [-0.2, 0) is 0 Å². The van der Waals surface area contributed by atoms with Gasteiger partial charge in [0.2, 0.25) is 6.79 Å². The van der Waals surface area contributed by atoms with E-state index < -0.39 is 0 Å². The molecule has 1 aromatic rings. The van der Waals surface area contributed by atoms with Crippen LogP contribution in [0.25, 0.3) is 0 Å². The van der Waals surface area contributed by atoms with Gasteiger partial charge in [-0.15, -0.1) is 0 Å². The number of ether oxygens (including phenoxy) is 2. The van der Waals surface area contributed by atoms with Crippen LogP contribution in [0.4, 0.5) is 5.69 Å². The number of aryl methyl sites for hydroxylation is 1. The van der Waals surface area contributed by atoms with Crippen molar-refractivity contribution >= 4 is 5.69 Å². The summed E-state index contributed by atoms with van der Waals surface area (Å²) in [5, 5.41) is 0. The van der Waals surface area contributed by atoms with Crippen molar-refractivity contribution in [2.24, 2.45) is 11.7 Å². The molecular weight excluding hydrogens is 216 g/mol. The van der Waals surface area contributed by atoms with E-state index in [1.54, 1.807) is 0 Å². The fourth-order valence-corrected chi connectivity index (χ4v) is 2.08. The zero-order chi connectivity index (χ0) is 12.4. The molecule has 0 amide bonds. The van der Waals surface area contributed by atoms with Crippen molar-refractivity contribution < 1.29 is 9.47 Å². The highest BCUT2D eigenvalue weighted by molar-refractivity contribution is 5.61. The normalized spacial score (nSPS) is 14.8. The Morgan fingerprint density at radius 1 is 1.35 bits per heavy atom. The standard InChI is InChI=1S/C13H20N2O2/c1-9(6-14)7-15(3)11-5-13-12(4-10(11)2)16-8-17-13/h4-5,9H,6-8,14H2,1-3H3. The molecule has 0 bridgehead atoms. The molecular formula is C13H20N2O2. The van der Waals surface area contributed by atoms with Crippen molar-refractivity contribution in [3.8, 4) is 11.5 Å². The lowest BCUT2D eigenvalue weighted by Gasteiger charge is -2.24. The van der Waals surface area contributed by atoms with E-state index in [-0.39, 0.29) is 0 Å². The first-order valence-electron chi connectivity index (χ1n) is 5.93. The van der Waals surface area contributed by atoms with Crippen LogP contribution in [0.2, 0.25) is 0 Å². The summed E-state index contributed by atoms with van der Waals surface area (Å²) in [6.07, 6.45) is 0. The molecule has 0 saturated carbocycles. The average molecular weight is 236 g/mol. The Morgan fingerprint density at radius 3 is 2.65 bits per heavy atom. The van der Waals surface area contributed by atoms with Crippen molar-refractivity contribution in [2.75, 3.05) is 31.8 Å². The molecule has 0 saturated heterocycles. The van der Waals surface area contributed by atoms with Crippen LogP contribution in [0.3, 0.4) is 0 Å². The summed E-state index contributed by atoms with van der Waals surface area (Å²) in [5.41, 5.74) is 8.03. The summed E-state index contributed by atoms with van der Waals surface area (Å²) in [6.45, 7) is 6.20. The Morgan fingerprint density at radius 2 is 2.00 bits per heavy atom. The molecule has 4 heteroatoms. The van der Waals surface area contributed by atoms with Crippen molar-refractivity contribution in [1.82, 2.24) is 0 Å². The third-order valence-electron chi connectivity index (χ3n) is 3.09. The van der Waals surface area contributed by atoms with Gasteiger partial charge in [0.15, 0.2) is 11.5 Å². The molecule has 94 valence electrons. The van der Waals surface area contributed by atoms with Crippen LogP contribution in [-0.4, -0.2) is 26.9 Å². The first-order valence-corrected chi connectivity index (χ1v) is 5.93. The monoisotopic (exact) mass is 236 g/mol. The largest absolute Gasteiger partial charge is 0.454 e. The van der Waals surface area contributed by atoms with Gasteiger partial charge in [0.1, 0.15) is 0 Å². The van der Waals surface area contributed by atoms with Crippen molar-refractivity contribution in [1.29, 1.82) is 0 Å². The number of fused-ring (bicyclic) bond motifs is 1. The van der Waals surface area contributed by atoms with Gasteiger partial charge in [-0.1, -0.05) is 6.92 Å². The molecule has 0 radical (unpaired) electrons. The minimum atomic E-state index is 0.321. The molecule has 1 atom stereocenters. The summed E-state index contributed by atoms with van der Waals surface area (Å²) < 4.78 is 10.8. The quantitative estimate of drug-likeness (QED) is 0.865. The first kappa shape index (κ1) is 12.0. The molecule has 2 rings (SSSR count). The van der Waals surface area contributed by atoms with Crippen LogP contribution >= 0.6 is 0 Å². The molecule has 1 heterocycles. The van der Waals surface area contributed by atoms with E-state index in [0.29, 0.717) is 19.3 Å². The smallest absolute Gasteiger partial charge is 0.231 e. The number of hydrogen-bond donors (Lipinski definition) is 1. The highest BCUT2D eigenvalue weighted by Crippen LogP contribution is 2.37. The molecule has 1 aromatic carbocycles. The van der Waals surface area contributed by atoms with Gasteiger partial charge in [-0.05, 0) is 31.0 Å². The number of hydrogen-bond acceptors (Lipinski definition) is 4. The van der Waals surface area contributed by atoms with E-state index in [1.807, 2.05) is 12.1 Å². The Balaban J connectivity index is 2.20. The molecule has 4 nitrogen and oxygen atoms in total. The number of nitrogens with zero attached hydrogens (tertiary/aromatic N) is 1. The molecule has 0 spiro atoms. The van der Waals surface area contributed by atoms with Gasteiger partial charge < -0.3 is 20.1 Å². The highest BCUT2D eigenvalue weighted by Gasteiger charge is 2.17. The van der Waals surface area contributed by atoms with Crippen LogP contribution in [0.5, 0.6) is 11.5 Å². The van der Waals surface area contributed by atoms with Crippen LogP contribution in [0, 0.1) is 12.8 Å². The van der Waals surface area contributed by atoms with E-state index in [4.69, 9.17) is 15.2 Å². The first-order chi connectivity index (χ1) is 8.11. The number of rotatable bonds is 4. The second kappa shape index (κ2) is 4.84. The number of benzene rings is 1. The van der Waals surface area contributed by atoms with Gasteiger partial charge in [-0.2, -0.15) is 0 Å². The predicted octanol–water partition coefficient (Wildman–Crippen LogP) is 1.75. The van der Waals surface area contributed by atoms with Gasteiger partial charge in [-0.3, -0.25) is 0 Å². The fourth-order valence-electron chi connectivity index (χ4n) is 2.08. The van der Waals surface area contributed by atoms with E-state index in [2.05, 4.69) is 25.8 Å². The predicted molar refractivity (Wildman–Crippen MR) is 68.8 cm³/mol. The summed E-state index contributed by atoms with van der Waals surface area (Å²) >= 11 is 0. The SMILES string of the molecule is Cc1cc2c(cc1N(C)CC(C)CN)OCO2. The Kier molecular flexibility index (Phi) is 3.43. The third kappa shape index (κ3) is 2.47. The summed E-state index contributed by atoms with van der Waals surface area (Å²) in [5.74, 6) is 2.15. The van der Waals surface area contributed by atoms with E-state index in [9.17, 15) is 0 Å². The lowest BCUT2D eigenvalue weighted by molar-refractivity contribution is 0.174. The summed E-state index contributed by atoms with van der Waals surface area (Å²) in [7, 11) is 2.08. The minimum absolute atomic E-state index is 0.321. The maximum absolute atomic E-state index is 5.66. The van der Waals surface area contributed by atoms with Gasteiger partial charge in [-0.25, -0.2) is 0 Å². The highest BCUT2D eigenvalue weighted by atomic mass is 16.7. The molecule has 1 unspecified atom stereocenters. The molecule has 0 aromatic heterocycles. The maximum Gasteiger partial charge on any atom is 0.231 e. The number of nitrogens with two attached hydrogens (primary N) is 1. The van der Waals surface area contributed by atoms with Crippen molar-refractivity contribution in [3.63, 3.8) is 0 Å². The number of anilines is 1. The minimum Gasteiger partial charge on any atom is -0.454 e. The molecule has 0 fully saturated rings. The van der Waals surface area contributed by atoms with E-state index in [0.717, 1.165) is 18.0 Å². The zero-order valence-electron chi connectivity index (χ0n) is 10.7. The van der Waals surface area contributed by atoms with E-state index >= 15 is 0 Å². The molecule has 0 aliphatic carbocycles. The maximum atomic E-state index is 5.66. The Labute approximate surface area is 102 Å². The molecule has 1 aliphatic heterocycles. The Hall–Kier alpha value is -1.42. The molecule has 2 N–H and O–H groups in total. The van der Waals surface area contributed by atoms with Gasteiger partial charge >= 0.3 is 0 Å². The Bertz CT molecular complexity index is 407.